The third kappa shape index (κ3) is 3.84. The number of nitrogens with zero attached hydrogens (tertiary/aromatic N) is 1. The first-order valence-electron chi connectivity index (χ1n) is 6.49. The molecule has 108 valence electrons. The predicted molar refractivity (Wildman–Crippen MR) is 84.0 cm³/mol. The number of methoxy groups -OCH3 is 1. The molecule has 1 aromatic carbocycles. The second-order valence-corrected chi connectivity index (χ2v) is 5.55. The van der Waals surface area contributed by atoms with Crippen LogP contribution in [0.3, 0.4) is 0 Å². The summed E-state index contributed by atoms with van der Waals surface area (Å²) in [5.41, 5.74) is 0.873. The minimum atomic E-state index is -0.127. The molecule has 1 aliphatic heterocycles. The zero-order valence-corrected chi connectivity index (χ0v) is 12.8. The minimum absolute atomic E-state index is 0.00906. The maximum Gasteiger partial charge on any atom is 0.308 e. The molecule has 0 amide bonds. The van der Waals surface area contributed by atoms with Gasteiger partial charge in [0.1, 0.15) is 0 Å². The lowest BCUT2D eigenvalue weighted by molar-refractivity contribution is -0.146. The fraction of sp³-hybridized carbons (Fsp3) is 0.429. The summed E-state index contributed by atoms with van der Waals surface area (Å²) in [4.78, 5) is 13.5. The van der Waals surface area contributed by atoms with E-state index in [4.69, 9.17) is 28.6 Å². The number of nitrogens with one attached hydrogen (secondary N) is 1. The molecule has 0 bridgehead atoms. The van der Waals surface area contributed by atoms with Gasteiger partial charge in [0.05, 0.1) is 13.0 Å². The van der Waals surface area contributed by atoms with Gasteiger partial charge >= 0.3 is 5.97 Å². The number of thiocarbonyl (C=S) groups is 1. The van der Waals surface area contributed by atoms with E-state index in [2.05, 4.69) is 10.2 Å². The van der Waals surface area contributed by atoms with Gasteiger partial charge in [-0.15, -0.1) is 0 Å². The number of anilines is 1. The molecule has 0 aromatic heterocycles. The van der Waals surface area contributed by atoms with E-state index in [9.17, 15) is 4.79 Å². The highest BCUT2D eigenvalue weighted by molar-refractivity contribution is 7.80. The molecule has 1 N–H and O–H groups in total. The van der Waals surface area contributed by atoms with Gasteiger partial charge in [-0.05, 0) is 43.3 Å². The van der Waals surface area contributed by atoms with Crippen molar-refractivity contribution in [2.75, 3.05) is 25.5 Å². The van der Waals surface area contributed by atoms with Gasteiger partial charge in [-0.1, -0.05) is 17.7 Å². The van der Waals surface area contributed by atoms with E-state index in [0.29, 0.717) is 10.1 Å². The van der Waals surface area contributed by atoms with E-state index in [0.717, 1.165) is 31.6 Å². The van der Waals surface area contributed by atoms with Gasteiger partial charge in [0, 0.05) is 23.8 Å². The van der Waals surface area contributed by atoms with Gasteiger partial charge in [-0.3, -0.25) is 4.79 Å². The lowest BCUT2D eigenvalue weighted by Crippen LogP contribution is -2.42. The number of esters is 1. The lowest BCUT2D eigenvalue weighted by atomic mass is 9.97. The Morgan fingerprint density at radius 3 is 2.75 bits per heavy atom. The Hall–Kier alpha value is -1.33. The van der Waals surface area contributed by atoms with Crippen molar-refractivity contribution in [3.63, 3.8) is 0 Å². The van der Waals surface area contributed by atoms with Gasteiger partial charge in [-0.25, -0.2) is 0 Å². The molecule has 0 aliphatic carbocycles. The van der Waals surface area contributed by atoms with Crippen LogP contribution in [-0.4, -0.2) is 36.2 Å². The number of carbonyl (C=O) groups is 1. The molecule has 0 saturated carbocycles. The Morgan fingerprint density at radius 2 is 2.15 bits per heavy atom. The molecule has 0 atom stereocenters. The van der Waals surface area contributed by atoms with Gasteiger partial charge in [0.2, 0.25) is 0 Å². The van der Waals surface area contributed by atoms with E-state index >= 15 is 0 Å². The average molecular weight is 313 g/mol. The fourth-order valence-corrected chi connectivity index (χ4v) is 2.74. The quantitative estimate of drug-likeness (QED) is 0.672. The number of likely N-dealkylation sites (tertiary alicyclic amines) is 1. The number of ether oxygens (including phenoxy) is 1. The van der Waals surface area contributed by atoms with Crippen molar-refractivity contribution in [3.8, 4) is 0 Å². The molecule has 2 rings (SSSR count). The van der Waals surface area contributed by atoms with Crippen molar-refractivity contribution in [1.82, 2.24) is 4.90 Å². The minimum Gasteiger partial charge on any atom is -0.469 e. The standard InChI is InChI=1S/C14H17ClN2O2S/c1-19-13(18)10-5-7-17(8-6-10)14(20)16-12-4-2-3-11(15)9-12/h2-4,9-10H,5-8H2,1H3,(H,16,20). The van der Waals surface area contributed by atoms with Gasteiger partial charge in [0.25, 0.3) is 0 Å². The van der Waals surface area contributed by atoms with Crippen molar-refractivity contribution < 1.29 is 9.53 Å². The zero-order valence-electron chi connectivity index (χ0n) is 11.3. The first kappa shape index (κ1) is 15.1. The van der Waals surface area contributed by atoms with Crippen molar-refractivity contribution in [1.29, 1.82) is 0 Å². The first-order chi connectivity index (χ1) is 9.60. The Balaban J connectivity index is 1.87. The molecular formula is C14H17ClN2O2S. The molecule has 4 nitrogen and oxygen atoms in total. The SMILES string of the molecule is COC(=O)C1CCN(C(=S)Nc2cccc(Cl)c2)CC1. The van der Waals surface area contributed by atoms with Crippen LogP contribution in [-0.2, 0) is 9.53 Å². The Morgan fingerprint density at radius 1 is 1.45 bits per heavy atom. The first-order valence-corrected chi connectivity index (χ1v) is 7.28. The summed E-state index contributed by atoms with van der Waals surface area (Å²) in [5, 5.41) is 4.50. The smallest absolute Gasteiger partial charge is 0.308 e. The van der Waals surface area contributed by atoms with E-state index in [1.54, 1.807) is 0 Å². The van der Waals surface area contributed by atoms with Gasteiger partial charge < -0.3 is 15.0 Å². The second kappa shape index (κ2) is 6.90. The molecule has 1 aliphatic rings. The maximum atomic E-state index is 11.5. The van der Waals surface area contributed by atoms with Crippen molar-refractivity contribution >= 4 is 40.6 Å². The molecule has 6 heteroatoms. The third-order valence-electron chi connectivity index (χ3n) is 3.39. The van der Waals surface area contributed by atoms with Gasteiger partial charge in [-0.2, -0.15) is 0 Å². The number of piperidine rings is 1. The molecule has 0 unspecified atom stereocenters. The third-order valence-corrected chi connectivity index (χ3v) is 3.99. The lowest BCUT2D eigenvalue weighted by Gasteiger charge is -2.32. The van der Waals surface area contributed by atoms with Crippen LogP contribution < -0.4 is 5.32 Å². The summed E-state index contributed by atoms with van der Waals surface area (Å²) >= 11 is 11.3. The van der Waals surface area contributed by atoms with E-state index in [1.807, 2.05) is 24.3 Å². The van der Waals surface area contributed by atoms with Crippen LogP contribution in [0.1, 0.15) is 12.8 Å². The summed E-state index contributed by atoms with van der Waals surface area (Å²) in [6.07, 6.45) is 1.54. The molecule has 1 saturated heterocycles. The van der Waals surface area contributed by atoms with Gasteiger partial charge in [0.15, 0.2) is 5.11 Å². The second-order valence-electron chi connectivity index (χ2n) is 4.72. The van der Waals surface area contributed by atoms with Crippen LogP contribution >= 0.6 is 23.8 Å². The molecule has 1 heterocycles. The van der Waals surface area contributed by atoms with Crippen LogP contribution in [0.5, 0.6) is 0 Å². The molecule has 1 fully saturated rings. The van der Waals surface area contributed by atoms with Crippen molar-refractivity contribution in [3.05, 3.63) is 29.3 Å². The number of hydrogen-bond acceptors (Lipinski definition) is 3. The molecule has 20 heavy (non-hydrogen) atoms. The highest BCUT2D eigenvalue weighted by Gasteiger charge is 2.26. The number of carbonyl (C=O) groups excluding carboxylic acids is 1. The molecular weight excluding hydrogens is 296 g/mol. The highest BCUT2D eigenvalue weighted by Crippen LogP contribution is 2.20. The van der Waals surface area contributed by atoms with E-state index < -0.39 is 0 Å². The number of benzene rings is 1. The van der Waals surface area contributed by atoms with Crippen LogP contribution in [0.4, 0.5) is 5.69 Å². The Kier molecular flexibility index (Phi) is 5.20. The summed E-state index contributed by atoms with van der Waals surface area (Å²) in [7, 11) is 1.43. The van der Waals surface area contributed by atoms with Crippen LogP contribution in [0, 0.1) is 5.92 Å². The highest BCUT2D eigenvalue weighted by atomic mass is 35.5. The van der Waals surface area contributed by atoms with Crippen molar-refractivity contribution in [2.45, 2.75) is 12.8 Å². The van der Waals surface area contributed by atoms with E-state index in [-0.39, 0.29) is 11.9 Å². The topological polar surface area (TPSA) is 41.6 Å². The summed E-state index contributed by atoms with van der Waals surface area (Å²) in [5.74, 6) is -0.136. The summed E-state index contributed by atoms with van der Waals surface area (Å²) in [6.45, 7) is 1.51. The summed E-state index contributed by atoms with van der Waals surface area (Å²) < 4.78 is 4.77. The fourth-order valence-electron chi connectivity index (χ4n) is 2.25. The summed E-state index contributed by atoms with van der Waals surface area (Å²) in [6, 6.07) is 7.43. The van der Waals surface area contributed by atoms with E-state index in [1.165, 1.54) is 7.11 Å². The van der Waals surface area contributed by atoms with Crippen LogP contribution in [0.2, 0.25) is 5.02 Å². The van der Waals surface area contributed by atoms with Crippen molar-refractivity contribution in [2.24, 2.45) is 5.92 Å². The Labute approximate surface area is 129 Å². The van der Waals surface area contributed by atoms with Crippen LogP contribution in [0.15, 0.2) is 24.3 Å². The predicted octanol–water partition coefficient (Wildman–Crippen LogP) is 2.92. The molecule has 0 radical (unpaired) electrons. The number of halogens is 1. The normalized spacial score (nSPS) is 15.8. The molecule has 0 spiro atoms. The number of hydrogen-bond donors (Lipinski definition) is 1. The average Bonchev–Trinajstić information content (AvgIpc) is 2.46. The van der Waals surface area contributed by atoms with Crippen LogP contribution in [0.25, 0.3) is 0 Å². The zero-order chi connectivity index (χ0) is 14.5. The Bertz CT molecular complexity index is 502. The molecule has 1 aromatic rings. The largest absolute Gasteiger partial charge is 0.469 e. The monoisotopic (exact) mass is 312 g/mol. The maximum absolute atomic E-state index is 11.5. The number of rotatable bonds is 2.